The number of hydroxylamine groups is 2. The molecule has 9 heteroatoms. The van der Waals surface area contributed by atoms with E-state index in [1.807, 2.05) is 57.2 Å². The summed E-state index contributed by atoms with van der Waals surface area (Å²) in [7, 11) is 1.59. The minimum Gasteiger partial charge on any atom is -0.497 e. The second kappa shape index (κ2) is 12.6. The molecule has 0 atom stereocenters. The number of anilines is 2. The highest BCUT2D eigenvalue weighted by atomic mass is 16.7. The predicted octanol–water partition coefficient (Wildman–Crippen LogP) is 6.58. The van der Waals surface area contributed by atoms with Crippen LogP contribution < -0.4 is 15.4 Å². The first-order valence-electron chi connectivity index (χ1n) is 13.5. The maximum atomic E-state index is 13.8. The molecular weight excluding hydrogens is 508 g/mol. The minimum atomic E-state index is -0.591. The van der Waals surface area contributed by atoms with Crippen LogP contribution in [0.15, 0.2) is 48.7 Å². The number of carbonyl (C=O) groups excluding carboxylic acids is 3. The quantitative estimate of drug-likeness (QED) is 0.339. The topological polar surface area (TPSA) is 110 Å². The lowest BCUT2D eigenvalue weighted by Crippen LogP contribution is -2.43. The summed E-state index contributed by atoms with van der Waals surface area (Å²) in [5.74, 6) is -0.470. The summed E-state index contributed by atoms with van der Waals surface area (Å²) < 4.78 is 5.26. The van der Waals surface area contributed by atoms with Crippen LogP contribution in [-0.4, -0.2) is 41.1 Å². The van der Waals surface area contributed by atoms with Crippen molar-refractivity contribution in [3.05, 3.63) is 71.0 Å². The first-order chi connectivity index (χ1) is 19.2. The summed E-state index contributed by atoms with van der Waals surface area (Å²) in [5.41, 5.74) is 5.33. The Morgan fingerprint density at radius 2 is 1.55 bits per heavy atom. The zero-order valence-electron chi connectivity index (χ0n) is 23.7. The lowest BCUT2D eigenvalue weighted by molar-refractivity contribution is -0.185. The van der Waals surface area contributed by atoms with Crippen molar-refractivity contribution >= 4 is 29.3 Å². The van der Waals surface area contributed by atoms with Crippen molar-refractivity contribution in [3.63, 3.8) is 0 Å². The Bertz CT molecular complexity index is 1370. The third-order valence-electron chi connectivity index (χ3n) is 7.01. The van der Waals surface area contributed by atoms with Gasteiger partial charge in [0.2, 0.25) is 0 Å². The first kappa shape index (κ1) is 28.6. The van der Waals surface area contributed by atoms with E-state index in [1.54, 1.807) is 19.4 Å². The van der Waals surface area contributed by atoms with E-state index in [1.165, 1.54) is 6.92 Å². The summed E-state index contributed by atoms with van der Waals surface area (Å²) in [4.78, 5) is 48.9. The summed E-state index contributed by atoms with van der Waals surface area (Å²) in [5, 5.41) is 6.88. The fourth-order valence-corrected chi connectivity index (χ4v) is 5.16. The van der Waals surface area contributed by atoms with Gasteiger partial charge in [0.1, 0.15) is 5.75 Å². The molecule has 2 aromatic carbocycles. The number of rotatable bonds is 6. The molecule has 3 aromatic rings. The molecule has 210 valence electrons. The van der Waals surface area contributed by atoms with Crippen LogP contribution >= 0.6 is 0 Å². The summed E-state index contributed by atoms with van der Waals surface area (Å²) in [6.45, 7) is 7.12. The Kier molecular flexibility index (Phi) is 9.04. The smallest absolute Gasteiger partial charge is 0.329 e. The van der Waals surface area contributed by atoms with E-state index in [2.05, 4.69) is 15.6 Å². The standard InChI is InChI=1S/C31H36N4O5/c1-19-15-20(2)28(21(3)16-19)34-31(38)33-27-17-24(23-11-13-26(39-5)14-12-23)18-32-29(27)30(37)35(40-22(4)36)25-9-7-6-8-10-25/h11-18,25H,6-10H2,1-5H3,(H2,33,34,38). The van der Waals surface area contributed by atoms with Gasteiger partial charge < -0.3 is 20.2 Å². The fourth-order valence-electron chi connectivity index (χ4n) is 5.16. The second-order valence-electron chi connectivity index (χ2n) is 10.2. The van der Waals surface area contributed by atoms with Gasteiger partial charge in [0.25, 0.3) is 0 Å². The molecule has 1 heterocycles. The Labute approximate surface area is 234 Å². The number of amides is 3. The van der Waals surface area contributed by atoms with Crippen molar-refractivity contribution in [2.24, 2.45) is 0 Å². The number of hydrogen-bond acceptors (Lipinski definition) is 6. The van der Waals surface area contributed by atoms with Crippen LogP contribution in [0.3, 0.4) is 0 Å². The number of nitrogens with one attached hydrogen (secondary N) is 2. The predicted molar refractivity (Wildman–Crippen MR) is 154 cm³/mol. The van der Waals surface area contributed by atoms with Crippen molar-refractivity contribution in [2.45, 2.75) is 65.8 Å². The fraction of sp³-hybridized carbons (Fsp3) is 0.355. The van der Waals surface area contributed by atoms with Crippen molar-refractivity contribution in [1.82, 2.24) is 10.0 Å². The van der Waals surface area contributed by atoms with Gasteiger partial charge in [-0.2, -0.15) is 5.06 Å². The molecular formula is C31H36N4O5. The number of nitrogens with zero attached hydrogens (tertiary/aromatic N) is 2. The number of aromatic nitrogens is 1. The average molecular weight is 545 g/mol. The minimum absolute atomic E-state index is 0.0171. The van der Waals surface area contributed by atoms with Crippen LogP contribution in [0.1, 0.15) is 66.2 Å². The van der Waals surface area contributed by atoms with Gasteiger partial charge in [0.05, 0.1) is 18.8 Å². The van der Waals surface area contributed by atoms with Crippen LogP contribution in [-0.2, 0) is 9.63 Å². The van der Waals surface area contributed by atoms with Crippen molar-refractivity contribution in [1.29, 1.82) is 0 Å². The molecule has 1 aliphatic rings. The maximum absolute atomic E-state index is 13.8. The molecule has 0 spiro atoms. The number of hydrogen-bond donors (Lipinski definition) is 2. The zero-order valence-corrected chi connectivity index (χ0v) is 23.7. The number of methoxy groups -OCH3 is 1. The SMILES string of the molecule is COc1ccc(-c2cnc(C(=O)N(OC(C)=O)C3CCCCC3)c(NC(=O)Nc3c(C)cc(C)cc3C)c2)cc1. The van der Waals surface area contributed by atoms with Gasteiger partial charge in [-0.1, -0.05) is 49.1 Å². The average Bonchev–Trinajstić information content (AvgIpc) is 2.93. The second-order valence-corrected chi connectivity index (χ2v) is 10.2. The lowest BCUT2D eigenvalue weighted by Gasteiger charge is -2.32. The van der Waals surface area contributed by atoms with E-state index in [4.69, 9.17) is 9.57 Å². The van der Waals surface area contributed by atoms with E-state index in [9.17, 15) is 14.4 Å². The van der Waals surface area contributed by atoms with Gasteiger partial charge in [-0.25, -0.2) is 9.78 Å². The van der Waals surface area contributed by atoms with Gasteiger partial charge >= 0.3 is 17.9 Å². The largest absolute Gasteiger partial charge is 0.497 e. The van der Waals surface area contributed by atoms with E-state index in [0.29, 0.717) is 17.0 Å². The van der Waals surface area contributed by atoms with Crippen molar-refractivity contribution < 1.29 is 24.0 Å². The molecule has 2 N–H and O–H groups in total. The molecule has 1 aromatic heterocycles. The zero-order chi connectivity index (χ0) is 28.8. The molecule has 0 radical (unpaired) electrons. The molecule has 0 aliphatic heterocycles. The number of aryl methyl sites for hydroxylation is 3. The van der Waals surface area contributed by atoms with Crippen molar-refractivity contribution in [3.8, 4) is 16.9 Å². The van der Waals surface area contributed by atoms with Crippen LogP contribution in [0.5, 0.6) is 5.75 Å². The maximum Gasteiger partial charge on any atom is 0.329 e. The molecule has 0 bridgehead atoms. The van der Waals surface area contributed by atoms with E-state index >= 15 is 0 Å². The van der Waals surface area contributed by atoms with Gasteiger partial charge in [0, 0.05) is 24.4 Å². The third kappa shape index (κ3) is 6.77. The number of ether oxygens (including phenoxy) is 1. The molecule has 3 amide bonds. The van der Waals surface area contributed by atoms with Crippen molar-refractivity contribution in [2.75, 3.05) is 17.7 Å². The summed E-state index contributed by atoms with van der Waals surface area (Å²) in [6.07, 6.45) is 5.94. The Morgan fingerprint density at radius 3 is 2.15 bits per heavy atom. The Morgan fingerprint density at radius 1 is 0.900 bits per heavy atom. The van der Waals surface area contributed by atoms with Gasteiger partial charge in [-0.3, -0.25) is 9.59 Å². The number of urea groups is 1. The van der Waals surface area contributed by atoms with Gasteiger partial charge in [0.15, 0.2) is 5.69 Å². The van der Waals surface area contributed by atoms with Crippen LogP contribution in [0.2, 0.25) is 0 Å². The molecule has 1 aliphatic carbocycles. The van der Waals surface area contributed by atoms with Crippen LogP contribution in [0.25, 0.3) is 11.1 Å². The lowest BCUT2D eigenvalue weighted by atomic mass is 9.95. The highest BCUT2D eigenvalue weighted by molar-refractivity contribution is 6.06. The highest BCUT2D eigenvalue weighted by Crippen LogP contribution is 2.30. The number of pyridine rings is 1. The number of benzene rings is 2. The third-order valence-corrected chi connectivity index (χ3v) is 7.01. The molecule has 1 saturated carbocycles. The molecule has 0 unspecified atom stereocenters. The Hall–Kier alpha value is -4.40. The molecule has 9 nitrogen and oxygen atoms in total. The summed E-state index contributed by atoms with van der Waals surface area (Å²) in [6, 6.07) is 12.3. The van der Waals surface area contributed by atoms with Crippen LogP contribution in [0, 0.1) is 20.8 Å². The van der Waals surface area contributed by atoms with E-state index in [-0.39, 0.29) is 17.4 Å². The van der Waals surface area contributed by atoms with E-state index < -0.39 is 17.9 Å². The molecule has 0 saturated heterocycles. The normalized spacial score (nSPS) is 13.3. The number of carbonyl (C=O) groups is 3. The van der Waals surface area contributed by atoms with Crippen LogP contribution in [0.4, 0.5) is 16.2 Å². The molecule has 1 fully saturated rings. The van der Waals surface area contributed by atoms with E-state index in [0.717, 1.165) is 59.4 Å². The van der Waals surface area contributed by atoms with Gasteiger partial charge in [-0.05, 0) is 68.5 Å². The molecule has 4 rings (SSSR count). The Balaban J connectivity index is 1.71. The summed E-state index contributed by atoms with van der Waals surface area (Å²) >= 11 is 0. The highest BCUT2D eigenvalue weighted by Gasteiger charge is 2.32. The first-order valence-corrected chi connectivity index (χ1v) is 13.5. The van der Waals surface area contributed by atoms with Gasteiger partial charge in [-0.15, -0.1) is 0 Å². The molecule has 40 heavy (non-hydrogen) atoms. The monoisotopic (exact) mass is 544 g/mol.